The van der Waals surface area contributed by atoms with Crippen LogP contribution in [0, 0.1) is 5.41 Å². The highest BCUT2D eigenvalue weighted by molar-refractivity contribution is 8.01. The van der Waals surface area contributed by atoms with Gasteiger partial charge in [-0.1, -0.05) is 67.6 Å². The molecule has 0 spiro atoms. The van der Waals surface area contributed by atoms with Gasteiger partial charge in [0.2, 0.25) is 11.0 Å². The molecule has 2 aromatic rings. The molecule has 0 bridgehead atoms. The molecule has 1 unspecified atom stereocenters. The van der Waals surface area contributed by atoms with Crippen LogP contribution in [0.25, 0.3) is 0 Å². The number of rotatable bonds is 5. The van der Waals surface area contributed by atoms with Gasteiger partial charge in [-0.2, -0.15) is 0 Å². The summed E-state index contributed by atoms with van der Waals surface area (Å²) in [7, 11) is 0. The van der Waals surface area contributed by atoms with E-state index in [1.165, 1.54) is 11.3 Å². The maximum atomic E-state index is 13.3. The topological polar surface area (TPSA) is 63.2 Å². The van der Waals surface area contributed by atoms with Gasteiger partial charge in [0, 0.05) is 40.8 Å². The molecule has 0 N–H and O–H groups in total. The number of hydrogen-bond acceptors (Lipinski definition) is 6. The van der Waals surface area contributed by atoms with Crippen molar-refractivity contribution >= 4 is 51.5 Å². The molecule has 2 aliphatic rings. The average Bonchev–Trinajstić information content (AvgIpc) is 3.13. The van der Waals surface area contributed by atoms with E-state index in [2.05, 4.69) is 31.0 Å². The molecule has 0 saturated heterocycles. The second-order valence-electron chi connectivity index (χ2n) is 8.54. The van der Waals surface area contributed by atoms with Gasteiger partial charge >= 0.3 is 0 Å². The van der Waals surface area contributed by atoms with E-state index in [0.717, 1.165) is 33.3 Å². The Morgan fingerprint density at radius 3 is 2.63 bits per heavy atom. The second kappa shape index (κ2) is 8.44. The van der Waals surface area contributed by atoms with Crippen molar-refractivity contribution in [3.05, 3.63) is 46.1 Å². The van der Waals surface area contributed by atoms with Crippen LogP contribution in [-0.2, 0) is 9.59 Å². The lowest BCUT2D eigenvalue weighted by molar-refractivity contribution is -0.121. The van der Waals surface area contributed by atoms with Gasteiger partial charge in [0.25, 0.3) is 0 Å². The predicted molar refractivity (Wildman–Crippen MR) is 122 cm³/mol. The van der Waals surface area contributed by atoms with Crippen molar-refractivity contribution < 1.29 is 9.59 Å². The molecular weight excluding hydrogens is 438 g/mol. The zero-order valence-electron chi connectivity index (χ0n) is 17.3. The molecule has 0 saturated carbocycles. The fourth-order valence-electron chi connectivity index (χ4n) is 4.16. The minimum atomic E-state index is -0.244. The van der Waals surface area contributed by atoms with E-state index >= 15 is 0 Å². The normalized spacial score (nSPS) is 21.2. The molecule has 1 aromatic carbocycles. The van der Waals surface area contributed by atoms with Crippen molar-refractivity contribution in [2.24, 2.45) is 5.41 Å². The summed E-state index contributed by atoms with van der Waals surface area (Å²) in [6, 6.07) is 7.45. The SMILES string of the molecule is CCCSc1nnc(N2C(=O)CC(c3ccc(Cl)cc3)C3=C2CC(C)(C)CC3=O)s1. The molecule has 1 aliphatic carbocycles. The molecule has 1 aromatic heterocycles. The number of Topliss-reactive ketones (excluding diaryl/α,β-unsaturated/α-hetero) is 1. The lowest BCUT2D eigenvalue weighted by Crippen LogP contribution is -2.43. The first-order chi connectivity index (χ1) is 14.3. The Bertz CT molecular complexity index is 1010. The molecule has 1 atom stereocenters. The molecule has 2 heterocycles. The number of anilines is 1. The summed E-state index contributed by atoms with van der Waals surface area (Å²) in [5.74, 6) is 0.790. The van der Waals surface area contributed by atoms with Crippen LogP contribution in [0.1, 0.15) is 57.9 Å². The number of carbonyl (C=O) groups excluding carboxylic acids is 2. The average molecular weight is 462 g/mol. The number of carbonyl (C=O) groups is 2. The van der Waals surface area contributed by atoms with E-state index in [1.54, 1.807) is 16.7 Å². The molecule has 8 heteroatoms. The Hall–Kier alpha value is -1.70. The molecule has 5 nitrogen and oxygen atoms in total. The van der Waals surface area contributed by atoms with Crippen LogP contribution in [0.4, 0.5) is 5.13 Å². The first-order valence-corrected chi connectivity index (χ1v) is 12.3. The number of nitrogens with zero attached hydrogens (tertiary/aromatic N) is 3. The van der Waals surface area contributed by atoms with Gasteiger partial charge in [0.15, 0.2) is 10.1 Å². The van der Waals surface area contributed by atoms with Crippen molar-refractivity contribution in [1.29, 1.82) is 0 Å². The highest BCUT2D eigenvalue weighted by atomic mass is 35.5. The Morgan fingerprint density at radius 1 is 1.20 bits per heavy atom. The third kappa shape index (κ3) is 4.20. The minimum absolute atomic E-state index is 0.0395. The lowest BCUT2D eigenvalue weighted by atomic mass is 9.69. The van der Waals surface area contributed by atoms with Gasteiger partial charge in [-0.05, 0) is 36.0 Å². The fourth-order valence-corrected chi connectivity index (χ4v) is 6.09. The van der Waals surface area contributed by atoms with E-state index in [-0.39, 0.29) is 29.4 Å². The number of allylic oxidation sites excluding steroid dienone is 2. The summed E-state index contributed by atoms with van der Waals surface area (Å²) in [6.07, 6.45) is 2.42. The molecule has 4 rings (SSSR count). The molecule has 1 aliphatic heterocycles. The van der Waals surface area contributed by atoms with Gasteiger partial charge in [-0.25, -0.2) is 0 Å². The highest BCUT2D eigenvalue weighted by Crippen LogP contribution is 2.48. The van der Waals surface area contributed by atoms with Crippen molar-refractivity contribution in [3.63, 3.8) is 0 Å². The monoisotopic (exact) mass is 461 g/mol. The second-order valence-corrected chi connectivity index (χ2v) is 11.3. The van der Waals surface area contributed by atoms with E-state index < -0.39 is 0 Å². The standard InChI is InChI=1S/C22H24ClN3O2S2/c1-4-9-29-21-25-24-20(30-21)26-16-11-22(2,3)12-17(27)19(16)15(10-18(26)28)13-5-7-14(23)8-6-13/h5-8,15H,4,9-12H2,1-3H3. The zero-order valence-corrected chi connectivity index (χ0v) is 19.7. The van der Waals surface area contributed by atoms with Gasteiger partial charge in [-0.3, -0.25) is 14.5 Å². The number of ketones is 1. The quantitative estimate of drug-likeness (QED) is 0.412. The molecule has 30 heavy (non-hydrogen) atoms. The summed E-state index contributed by atoms with van der Waals surface area (Å²) < 4.78 is 0.850. The van der Waals surface area contributed by atoms with Crippen LogP contribution in [0.15, 0.2) is 39.9 Å². The number of aromatic nitrogens is 2. The number of thioether (sulfide) groups is 1. The summed E-state index contributed by atoms with van der Waals surface area (Å²) in [5, 5.41) is 9.76. The van der Waals surface area contributed by atoms with E-state index in [9.17, 15) is 9.59 Å². The predicted octanol–water partition coefficient (Wildman–Crippen LogP) is 5.86. The molecule has 0 fully saturated rings. The summed E-state index contributed by atoms with van der Waals surface area (Å²) >= 11 is 9.12. The van der Waals surface area contributed by atoms with E-state index in [4.69, 9.17) is 11.6 Å². The smallest absolute Gasteiger partial charge is 0.234 e. The summed E-state index contributed by atoms with van der Waals surface area (Å²) in [5.41, 5.74) is 2.27. The van der Waals surface area contributed by atoms with Crippen molar-refractivity contribution in [2.75, 3.05) is 10.7 Å². The molecule has 158 valence electrons. The summed E-state index contributed by atoms with van der Waals surface area (Å²) in [4.78, 5) is 28.3. The van der Waals surface area contributed by atoms with Crippen LogP contribution in [0.5, 0.6) is 0 Å². The Balaban J connectivity index is 1.80. The third-order valence-electron chi connectivity index (χ3n) is 5.43. The number of hydrogen-bond donors (Lipinski definition) is 0. The molecule has 1 amide bonds. The van der Waals surface area contributed by atoms with Gasteiger partial charge in [0.1, 0.15) is 0 Å². The molecule has 0 radical (unpaired) electrons. The van der Waals surface area contributed by atoms with Crippen LogP contribution in [0.2, 0.25) is 5.02 Å². The van der Waals surface area contributed by atoms with Gasteiger partial charge < -0.3 is 0 Å². The number of amides is 1. The minimum Gasteiger partial charge on any atom is -0.294 e. The Labute approximate surface area is 189 Å². The maximum Gasteiger partial charge on any atom is 0.234 e. The first kappa shape index (κ1) is 21.5. The lowest BCUT2D eigenvalue weighted by Gasteiger charge is -2.41. The third-order valence-corrected chi connectivity index (χ3v) is 7.93. The Kier molecular flexibility index (Phi) is 6.06. The number of benzene rings is 1. The molecular formula is C22H24ClN3O2S2. The largest absolute Gasteiger partial charge is 0.294 e. The highest BCUT2D eigenvalue weighted by Gasteiger charge is 2.45. The van der Waals surface area contributed by atoms with Gasteiger partial charge in [0.05, 0.1) is 0 Å². The van der Waals surface area contributed by atoms with Crippen LogP contribution in [0.3, 0.4) is 0 Å². The zero-order chi connectivity index (χ0) is 21.5. The van der Waals surface area contributed by atoms with Crippen molar-refractivity contribution in [3.8, 4) is 0 Å². The van der Waals surface area contributed by atoms with E-state index in [0.29, 0.717) is 23.0 Å². The van der Waals surface area contributed by atoms with E-state index in [1.807, 2.05) is 24.3 Å². The fraction of sp³-hybridized carbons (Fsp3) is 0.455. The Morgan fingerprint density at radius 2 is 1.93 bits per heavy atom. The number of halogens is 1. The summed E-state index contributed by atoms with van der Waals surface area (Å²) in [6.45, 7) is 6.27. The van der Waals surface area contributed by atoms with Gasteiger partial charge in [-0.15, -0.1) is 10.2 Å². The van der Waals surface area contributed by atoms with Crippen LogP contribution < -0.4 is 4.90 Å². The maximum absolute atomic E-state index is 13.3. The van der Waals surface area contributed by atoms with Crippen LogP contribution in [-0.4, -0.2) is 27.6 Å². The van der Waals surface area contributed by atoms with Crippen LogP contribution >= 0.6 is 34.7 Å². The van der Waals surface area contributed by atoms with Crippen molar-refractivity contribution in [1.82, 2.24) is 10.2 Å². The first-order valence-electron chi connectivity index (χ1n) is 10.1. The van der Waals surface area contributed by atoms with Crippen molar-refractivity contribution in [2.45, 2.75) is 56.7 Å².